The number of guanidine groups is 1. The van der Waals surface area contributed by atoms with Gasteiger partial charge in [0.2, 0.25) is 5.96 Å². The molecule has 0 aliphatic carbocycles. The maximum atomic E-state index is 11.2. The Kier molecular flexibility index (Phi) is 6.18. The molecule has 0 amide bonds. The number of benzene rings is 1. The summed E-state index contributed by atoms with van der Waals surface area (Å²) in [5, 5.41) is 23.0. The average molecular weight is 450 g/mol. The summed E-state index contributed by atoms with van der Waals surface area (Å²) in [6, 6.07) is 9.62. The van der Waals surface area contributed by atoms with Crippen molar-refractivity contribution >= 4 is 45.0 Å². The molecule has 1 unspecified atom stereocenters. The number of rotatable bonds is 4. The van der Waals surface area contributed by atoms with Crippen LogP contribution in [0, 0.1) is 17.4 Å². The summed E-state index contributed by atoms with van der Waals surface area (Å²) in [7, 11) is 0. The maximum Gasteiger partial charge on any atom is 0.347 e. The van der Waals surface area contributed by atoms with E-state index >= 15 is 0 Å². The Hall–Kier alpha value is -3.71. The van der Waals surface area contributed by atoms with Crippen LogP contribution in [0.4, 0.5) is 10.8 Å². The van der Waals surface area contributed by atoms with E-state index in [2.05, 4.69) is 38.9 Å². The predicted molar refractivity (Wildman–Crippen MR) is 124 cm³/mol. The van der Waals surface area contributed by atoms with Crippen LogP contribution in [0.5, 0.6) is 0 Å². The minimum Gasteiger partial charge on any atom is -0.477 e. The van der Waals surface area contributed by atoms with Crippen LogP contribution < -0.4 is 10.2 Å². The van der Waals surface area contributed by atoms with Crippen molar-refractivity contribution in [3.63, 3.8) is 0 Å². The van der Waals surface area contributed by atoms with Gasteiger partial charge < -0.3 is 14.9 Å². The fourth-order valence-corrected chi connectivity index (χ4v) is 4.63. The number of carboxylic acids is 1. The van der Waals surface area contributed by atoms with Gasteiger partial charge in [-0.15, -0.1) is 0 Å². The van der Waals surface area contributed by atoms with E-state index in [-0.39, 0.29) is 16.8 Å². The van der Waals surface area contributed by atoms with Gasteiger partial charge in [0, 0.05) is 31.2 Å². The zero-order valence-electron chi connectivity index (χ0n) is 17.8. The van der Waals surface area contributed by atoms with Crippen molar-refractivity contribution in [2.45, 2.75) is 19.9 Å². The minimum absolute atomic E-state index is 0.0497. The first-order chi connectivity index (χ1) is 15.5. The van der Waals surface area contributed by atoms with Gasteiger partial charge in [0.1, 0.15) is 4.88 Å². The molecule has 1 saturated heterocycles. The lowest BCUT2D eigenvalue weighted by Crippen LogP contribution is -2.59. The highest BCUT2D eigenvalue weighted by atomic mass is 32.1. The molecule has 9 nitrogen and oxygen atoms in total. The number of aliphatic imine (C=N–C) groups is 1. The van der Waals surface area contributed by atoms with Gasteiger partial charge in [-0.2, -0.15) is 5.26 Å². The summed E-state index contributed by atoms with van der Waals surface area (Å²) in [5.74, 6) is -0.214. The SMILES string of the molecule is CC(C)C1CN(c2ncc(C(=O)O)s2)CCN1C(=Nc1cccc2ncccc12)NC#N. The first-order valence-corrected chi connectivity index (χ1v) is 11.1. The van der Waals surface area contributed by atoms with Gasteiger partial charge >= 0.3 is 5.97 Å². The highest BCUT2D eigenvalue weighted by Gasteiger charge is 2.33. The van der Waals surface area contributed by atoms with Crippen molar-refractivity contribution in [3.8, 4) is 6.19 Å². The van der Waals surface area contributed by atoms with E-state index in [1.54, 1.807) is 6.20 Å². The van der Waals surface area contributed by atoms with Crippen molar-refractivity contribution in [1.82, 2.24) is 20.2 Å². The smallest absolute Gasteiger partial charge is 0.347 e. The number of carbonyl (C=O) groups is 1. The monoisotopic (exact) mass is 449 g/mol. The number of hydrogen-bond donors (Lipinski definition) is 2. The number of nitrogens with one attached hydrogen (secondary N) is 1. The number of fused-ring (bicyclic) bond motifs is 1. The lowest BCUT2D eigenvalue weighted by atomic mass is 10.00. The van der Waals surface area contributed by atoms with Crippen molar-refractivity contribution in [2.24, 2.45) is 10.9 Å². The summed E-state index contributed by atoms with van der Waals surface area (Å²) >= 11 is 1.18. The number of hydrogen-bond acceptors (Lipinski definition) is 7. The Morgan fingerprint density at radius 1 is 1.31 bits per heavy atom. The molecule has 1 aliphatic heterocycles. The maximum absolute atomic E-state index is 11.2. The predicted octanol–water partition coefficient (Wildman–Crippen LogP) is 3.29. The standard InChI is InChI=1S/C22H23N7O2S/c1-14(2)18-12-28(22-25-11-19(32-22)20(30)31)9-10-29(18)21(26-13-23)27-17-7-3-6-16-15(17)5-4-8-24-16/h3-8,11,14,18H,9-10,12H2,1-2H3,(H,26,27)(H,30,31). The Bertz CT molecular complexity index is 1190. The molecule has 1 atom stereocenters. The molecule has 1 aliphatic rings. The van der Waals surface area contributed by atoms with E-state index in [0.29, 0.717) is 30.7 Å². The van der Waals surface area contributed by atoms with Crippen LogP contribution in [0.3, 0.4) is 0 Å². The molecule has 1 aromatic carbocycles. The van der Waals surface area contributed by atoms with Gasteiger partial charge in [-0.1, -0.05) is 31.3 Å². The number of anilines is 1. The number of piperazine rings is 1. The lowest BCUT2D eigenvalue weighted by molar-refractivity contribution is 0.0702. The summed E-state index contributed by atoms with van der Waals surface area (Å²) in [6.07, 6.45) is 5.17. The zero-order chi connectivity index (χ0) is 22.7. The van der Waals surface area contributed by atoms with Crippen LogP contribution in [-0.2, 0) is 0 Å². The lowest BCUT2D eigenvalue weighted by Gasteiger charge is -2.44. The molecule has 4 rings (SSSR count). The largest absolute Gasteiger partial charge is 0.477 e. The molecular weight excluding hydrogens is 426 g/mol. The van der Waals surface area contributed by atoms with Gasteiger partial charge in [0.05, 0.1) is 23.4 Å². The summed E-state index contributed by atoms with van der Waals surface area (Å²) in [6.45, 7) is 6.14. The molecule has 1 fully saturated rings. The van der Waals surface area contributed by atoms with Crippen LogP contribution in [0.25, 0.3) is 10.9 Å². The number of aromatic nitrogens is 2. The van der Waals surface area contributed by atoms with E-state index in [1.165, 1.54) is 17.5 Å². The van der Waals surface area contributed by atoms with E-state index < -0.39 is 5.97 Å². The third-order valence-corrected chi connectivity index (χ3v) is 6.50. The van der Waals surface area contributed by atoms with Gasteiger partial charge in [0.15, 0.2) is 11.3 Å². The normalized spacial score (nSPS) is 16.9. The summed E-state index contributed by atoms with van der Waals surface area (Å²) in [5.41, 5.74) is 1.58. The van der Waals surface area contributed by atoms with Gasteiger partial charge in [0.25, 0.3) is 0 Å². The van der Waals surface area contributed by atoms with E-state index in [0.717, 1.165) is 16.6 Å². The Balaban J connectivity index is 1.65. The molecule has 2 N–H and O–H groups in total. The third kappa shape index (κ3) is 4.33. The van der Waals surface area contributed by atoms with Crippen molar-refractivity contribution < 1.29 is 9.90 Å². The zero-order valence-corrected chi connectivity index (χ0v) is 18.6. The number of nitriles is 1. The molecule has 32 heavy (non-hydrogen) atoms. The number of pyridine rings is 1. The van der Waals surface area contributed by atoms with Crippen molar-refractivity contribution in [3.05, 3.63) is 47.6 Å². The molecular formula is C22H23N7O2S. The Morgan fingerprint density at radius 3 is 2.88 bits per heavy atom. The van der Waals surface area contributed by atoms with Crippen LogP contribution in [0.15, 0.2) is 47.7 Å². The third-order valence-electron chi connectivity index (χ3n) is 5.45. The number of carboxylic acid groups (broad SMARTS) is 1. The number of nitrogens with zero attached hydrogens (tertiary/aromatic N) is 6. The van der Waals surface area contributed by atoms with Gasteiger partial charge in [-0.3, -0.25) is 10.3 Å². The van der Waals surface area contributed by atoms with Gasteiger partial charge in [-0.25, -0.2) is 14.8 Å². The van der Waals surface area contributed by atoms with Crippen LogP contribution in [0.2, 0.25) is 0 Å². The molecule has 3 heterocycles. The topological polar surface area (TPSA) is 118 Å². The minimum atomic E-state index is -0.968. The second-order valence-corrected chi connectivity index (χ2v) is 8.79. The molecule has 0 bridgehead atoms. The quantitative estimate of drug-likeness (QED) is 0.270. The fourth-order valence-electron chi connectivity index (χ4n) is 3.84. The van der Waals surface area contributed by atoms with Crippen LogP contribution in [0.1, 0.15) is 23.5 Å². The average Bonchev–Trinajstić information content (AvgIpc) is 3.29. The molecule has 10 heteroatoms. The molecule has 0 radical (unpaired) electrons. The van der Waals surface area contributed by atoms with E-state index in [4.69, 9.17) is 4.99 Å². The summed E-state index contributed by atoms with van der Waals surface area (Å²) in [4.78, 5) is 29.2. The second kappa shape index (κ2) is 9.20. The van der Waals surface area contributed by atoms with Crippen LogP contribution >= 0.6 is 11.3 Å². The fraction of sp³-hybridized carbons (Fsp3) is 0.318. The Morgan fingerprint density at radius 2 is 2.16 bits per heavy atom. The molecule has 164 valence electrons. The van der Waals surface area contributed by atoms with Gasteiger partial charge in [-0.05, 0) is 30.2 Å². The number of aromatic carboxylic acids is 1. The van der Waals surface area contributed by atoms with Crippen molar-refractivity contribution in [2.75, 3.05) is 24.5 Å². The van der Waals surface area contributed by atoms with Crippen molar-refractivity contribution in [1.29, 1.82) is 5.26 Å². The highest BCUT2D eigenvalue weighted by molar-refractivity contribution is 7.17. The second-order valence-electron chi connectivity index (χ2n) is 7.78. The highest BCUT2D eigenvalue weighted by Crippen LogP contribution is 2.29. The molecule has 0 spiro atoms. The first-order valence-electron chi connectivity index (χ1n) is 10.3. The molecule has 3 aromatic rings. The van der Waals surface area contributed by atoms with E-state index in [1.807, 2.05) is 36.5 Å². The molecule has 0 saturated carbocycles. The summed E-state index contributed by atoms with van der Waals surface area (Å²) < 4.78 is 0. The first kappa shape index (κ1) is 21.5. The number of thiazole rings is 1. The van der Waals surface area contributed by atoms with E-state index in [9.17, 15) is 15.2 Å². The Labute approximate surface area is 189 Å². The van der Waals surface area contributed by atoms with Crippen LogP contribution in [-0.4, -0.2) is 57.6 Å². The molecule has 2 aromatic heterocycles.